The Balaban J connectivity index is 2.31. The van der Waals surface area contributed by atoms with Crippen LogP contribution in [-0.4, -0.2) is 11.5 Å². The van der Waals surface area contributed by atoms with Crippen molar-refractivity contribution in [2.75, 3.05) is 11.4 Å². The average Bonchev–Trinajstić information content (AvgIpc) is 2.42. The summed E-state index contributed by atoms with van der Waals surface area (Å²) in [5, 5.41) is 8.75. The fraction of sp³-hybridized carbons (Fsp3) is 0.143. The van der Waals surface area contributed by atoms with Gasteiger partial charge in [-0.2, -0.15) is 5.26 Å². The first-order valence-electron chi connectivity index (χ1n) is 5.62. The number of pyridine rings is 1. The van der Waals surface area contributed by atoms with Crippen molar-refractivity contribution in [3.05, 3.63) is 53.1 Å². The predicted molar refractivity (Wildman–Crippen MR) is 75.6 cm³/mol. The van der Waals surface area contributed by atoms with E-state index in [1.165, 1.54) is 0 Å². The van der Waals surface area contributed by atoms with Crippen LogP contribution in [0.25, 0.3) is 0 Å². The summed E-state index contributed by atoms with van der Waals surface area (Å²) in [7, 11) is 0. The number of hydrogen-bond acceptors (Lipinski definition) is 3. The van der Waals surface area contributed by atoms with Crippen molar-refractivity contribution in [3.8, 4) is 6.07 Å². The molecule has 1 aromatic heterocycles. The molecule has 1 aromatic carbocycles. The second-order valence-corrected chi connectivity index (χ2v) is 4.65. The SMILES string of the molecule is N#CCCN(c1ccccc1)c1ccc(Br)cn1. The van der Waals surface area contributed by atoms with Gasteiger partial charge in [0.25, 0.3) is 0 Å². The molecular weight excluding hydrogens is 290 g/mol. The maximum atomic E-state index is 8.75. The smallest absolute Gasteiger partial charge is 0.133 e. The van der Waals surface area contributed by atoms with Gasteiger partial charge in [0.2, 0.25) is 0 Å². The Morgan fingerprint density at radius 3 is 2.56 bits per heavy atom. The maximum Gasteiger partial charge on any atom is 0.133 e. The van der Waals surface area contributed by atoms with Crippen molar-refractivity contribution >= 4 is 27.4 Å². The van der Waals surface area contributed by atoms with Gasteiger partial charge in [-0.1, -0.05) is 18.2 Å². The van der Waals surface area contributed by atoms with Gasteiger partial charge in [-0.15, -0.1) is 0 Å². The lowest BCUT2D eigenvalue weighted by molar-refractivity contribution is 0.926. The molecule has 0 amide bonds. The zero-order valence-corrected chi connectivity index (χ0v) is 11.3. The van der Waals surface area contributed by atoms with Crippen LogP contribution in [0.1, 0.15) is 6.42 Å². The Bertz CT molecular complexity index is 531. The predicted octanol–water partition coefficient (Wildman–Crippen LogP) is 3.90. The molecule has 0 fully saturated rings. The number of benzene rings is 1. The number of halogens is 1. The highest BCUT2D eigenvalue weighted by Gasteiger charge is 2.09. The normalized spacial score (nSPS) is 9.78. The number of nitrogens with zero attached hydrogens (tertiary/aromatic N) is 3. The first-order chi connectivity index (χ1) is 8.81. The first kappa shape index (κ1) is 12.6. The third kappa shape index (κ3) is 3.08. The summed E-state index contributed by atoms with van der Waals surface area (Å²) in [5.74, 6) is 0.847. The molecule has 0 saturated heterocycles. The van der Waals surface area contributed by atoms with E-state index in [2.05, 4.69) is 27.0 Å². The van der Waals surface area contributed by atoms with E-state index in [9.17, 15) is 0 Å². The fourth-order valence-corrected chi connectivity index (χ4v) is 1.91. The Hall–Kier alpha value is -1.86. The van der Waals surface area contributed by atoms with Crippen molar-refractivity contribution < 1.29 is 0 Å². The van der Waals surface area contributed by atoms with E-state index in [1.54, 1.807) is 6.20 Å². The van der Waals surface area contributed by atoms with Gasteiger partial charge in [-0.25, -0.2) is 4.98 Å². The average molecular weight is 302 g/mol. The Kier molecular flexibility index (Phi) is 4.32. The second kappa shape index (κ2) is 6.18. The number of hydrogen-bond donors (Lipinski definition) is 0. The molecule has 0 bridgehead atoms. The van der Waals surface area contributed by atoms with Crippen molar-refractivity contribution in [2.45, 2.75) is 6.42 Å². The van der Waals surface area contributed by atoms with Crippen molar-refractivity contribution in [1.82, 2.24) is 4.98 Å². The minimum Gasteiger partial charge on any atom is -0.325 e. The third-order valence-corrected chi connectivity index (χ3v) is 2.97. The van der Waals surface area contributed by atoms with Gasteiger partial charge in [0.15, 0.2) is 0 Å². The number of anilines is 2. The quantitative estimate of drug-likeness (QED) is 0.860. The van der Waals surface area contributed by atoms with Crippen molar-refractivity contribution in [1.29, 1.82) is 5.26 Å². The number of nitriles is 1. The summed E-state index contributed by atoms with van der Waals surface area (Å²) in [6.07, 6.45) is 2.23. The minimum absolute atomic E-state index is 0.465. The second-order valence-electron chi connectivity index (χ2n) is 3.73. The number of aromatic nitrogens is 1. The lowest BCUT2D eigenvalue weighted by Crippen LogP contribution is -2.19. The number of rotatable bonds is 4. The van der Waals surface area contributed by atoms with Crippen LogP contribution >= 0.6 is 15.9 Å². The summed E-state index contributed by atoms with van der Waals surface area (Å²) in [5.41, 5.74) is 1.04. The molecule has 1 heterocycles. The molecule has 0 aliphatic carbocycles. The molecule has 2 rings (SSSR count). The van der Waals surface area contributed by atoms with Gasteiger partial charge in [0, 0.05) is 22.9 Å². The van der Waals surface area contributed by atoms with E-state index < -0.39 is 0 Å². The molecule has 4 heteroatoms. The van der Waals surface area contributed by atoms with Crippen LogP contribution in [-0.2, 0) is 0 Å². The lowest BCUT2D eigenvalue weighted by Gasteiger charge is -2.22. The molecule has 0 unspecified atom stereocenters. The summed E-state index contributed by atoms with van der Waals surface area (Å²) in [6.45, 7) is 0.634. The highest BCUT2D eigenvalue weighted by atomic mass is 79.9. The molecule has 2 aromatic rings. The summed E-state index contributed by atoms with van der Waals surface area (Å²) < 4.78 is 0.944. The van der Waals surface area contributed by atoms with Crippen LogP contribution in [0, 0.1) is 11.3 Å². The van der Waals surface area contributed by atoms with E-state index in [1.807, 2.05) is 47.4 Å². The zero-order chi connectivity index (χ0) is 12.8. The Labute approximate surface area is 115 Å². The van der Waals surface area contributed by atoms with Crippen LogP contribution in [0.2, 0.25) is 0 Å². The molecule has 90 valence electrons. The van der Waals surface area contributed by atoms with Crippen LogP contribution in [0.3, 0.4) is 0 Å². The van der Waals surface area contributed by atoms with Gasteiger partial charge >= 0.3 is 0 Å². The molecule has 18 heavy (non-hydrogen) atoms. The molecule has 0 radical (unpaired) electrons. The van der Waals surface area contributed by atoms with Crippen molar-refractivity contribution in [2.24, 2.45) is 0 Å². The third-order valence-electron chi connectivity index (χ3n) is 2.50. The van der Waals surface area contributed by atoms with Gasteiger partial charge in [0.05, 0.1) is 12.5 Å². The largest absolute Gasteiger partial charge is 0.325 e. The molecule has 0 aliphatic heterocycles. The molecule has 3 nitrogen and oxygen atoms in total. The molecule has 0 aliphatic rings. The molecule has 0 saturated carbocycles. The standard InChI is InChI=1S/C14H12BrN3/c15-12-7-8-14(17-11-12)18(10-4-9-16)13-5-2-1-3-6-13/h1-3,5-8,11H,4,10H2. The summed E-state index contributed by atoms with van der Waals surface area (Å²) in [6, 6.07) is 16.0. The Morgan fingerprint density at radius 1 is 1.17 bits per heavy atom. The van der Waals surface area contributed by atoms with Crippen LogP contribution in [0.15, 0.2) is 53.1 Å². The Morgan fingerprint density at radius 2 is 1.94 bits per heavy atom. The van der Waals surface area contributed by atoms with Gasteiger partial charge in [-0.3, -0.25) is 0 Å². The van der Waals surface area contributed by atoms with Gasteiger partial charge < -0.3 is 4.90 Å². The van der Waals surface area contributed by atoms with E-state index in [0.29, 0.717) is 13.0 Å². The maximum absolute atomic E-state index is 8.75. The van der Waals surface area contributed by atoms with Crippen LogP contribution in [0.4, 0.5) is 11.5 Å². The lowest BCUT2D eigenvalue weighted by atomic mass is 10.2. The summed E-state index contributed by atoms with van der Waals surface area (Å²) >= 11 is 3.37. The zero-order valence-electron chi connectivity index (χ0n) is 9.75. The fourth-order valence-electron chi connectivity index (χ4n) is 1.67. The van der Waals surface area contributed by atoms with Gasteiger partial charge in [0.1, 0.15) is 5.82 Å². The monoisotopic (exact) mass is 301 g/mol. The highest BCUT2D eigenvalue weighted by molar-refractivity contribution is 9.10. The first-order valence-corrected chi connectivity index (χ1v) is 6.41. The molecule has 0 N–H and O–H groups in total. The van der Waals surface area contributed by atoms with E-state index in [-0.39, 0.29) is 0 Å². The van der Waals surface area contributed by atoms with Crippen molar-refractivity contribution in [3.63, 3.8) is 0 Å². The summed E-state index contributed by atoms with van der Waals surface area (Å²) in [4.78, 5) is 6.41. The van der Waals surface area contributed by atoms with Crippen LogP contribution in [0.5, 0.6) is 0 Å². The molecular formula is C14H12BrN3. The molecule has 0 atom stereocenters. The highest BCUT2D eigenvalue weighted by Crippen LogP contribution is 2.24. The van der Waals surface area contributed by atoms with E-state index >= 15 is 0 Å². The number of para-hydroxylation sites is 1. The van der Waals surface area contributed by atoms with E-state index in [0.717, 1.165) is 16.0 Å². The van der Waals surface area contributed by atoms with E-state index in [4.69, 9.17) is 5.26 Å². The van der Waals surface area contributed by atoms with Gasteiger partial charge in [-0.05, 0) is 40.2 Å². The minimum atomic E-state index is 0.465. The molecule has 0 spiro atoms. The van der Waals surface area contributed by atoms with Crippen LogP contribution < -0.4 is 4.90 Å². The topological polar surface area (TPSA) is 39.9 Å².